The average molecular weight is 218 g/mol. The van der Waals surface area contributed by atoms with Crippen LogP contribution in [0.25, 0.3) is 0 Å². The maximum absolute atomic E-state index is 12.6. The molecule has 0 amide bonds. The molecule has 1 aromatic rings. The van der Waals surface area contributed by atoms with Gasteiger partial charge < -0.3 is 5.73 Å². The van der Waals surface area contributed by atoms with Crippen LogP contribution in [0.1, 0.15) is 6.92 Å². The first kappa shape index (κ1) is 10.9. The molecule has 0 aliphatic heterocycles. The van der Waals surface area contributed by atoms with Crippen LogP contribution in [0.2, 0.25) is 0 Å². The molecular formula is C8H11FN2O2S. The van der Waals surface area contributed by atoms with Gasteiger partial charge in [-0.15, -0.1) is 0 Å². The lowest BCUT2D eigenvalue weighted by molar-refractivity contribution is 0.583. The molecule has 3 N–H and O–H groups in total. The molecular weight excluding hydrogens is 207 g/mol. The average Bonchev–Trinajstić information content (AvgIpc) is 2.02. The summed E-state index contributed by atoms with van der Waals surface area (Å²) < 4.78 is 37.8. The van der Waals surface area contributed by atoms with Gasteiger partial charge in [-0.2, -0.15) is 0 Å². The van der Waals surface area contributed by atoms with Gasteiger partial charge in [0.1, 0.15) is 10.7 Å². The summed E-state index contributed by atoms with van der Waals surface area (Å²) in [5.41, 5.74) is 5.29. The molecule has 0 saturated heterocycles. The lowest BCUT2D eigenvalue weighted by Crippen LogP contribution is -2.24. The summed E-state index contributed by atoms with van der Waals surface area (Å²) in [6.45, 7) is 1.91. The molecule has 0 saturated carbocycles. The Balaban J connectivity index is 3.20. The van der Waals surface area contributed by atoms with Crippen molar-refractivity contribution in [2.45, 2.75) is 11.8 Å². The van der Waals surface area contributed by atoms with E-state index in [1.807, 2.05) is 0 Å². The van der Waals surface area contributed by atoms with E-state index in [1.54, 1.807) is 6.92 Å². The first-order valence-corrected chi connectivity index (χ1v) is 5.50. The predicted molar refractivity (Wildman–Crippen MR) is 51.7 cm³/mol. The van der Waals surface area contributed by atoms with Crippen molar-refractivity contribution in [1.82, 2.24) is 4.72 Å². The van der Waals surface area contributed by atoms with E-state index >= 15 is 0 Å². The molecule has 78 valence electrons. The summed E-state index contributed by atoms with van der Waals surface area (Å²) in [4.78, 5) is -0.0965. The lowest BCUT2D eigenvalue weighted by Gasteiger charge is -2.06. The fourth-order valence-electron chi connectivity index (χ4n) is 1.03. The standard InChI is InChI=1S/C8H11FN2O2S/c1-2-11-14(12,13)8-4-3-6(9)5-7(8)10/h3-5,11H,2,10H2,1H3. The highest BCUT2D eigenvalue weighted by Crippen LogP contribution is 2.18. The Kier molecular flexibility index (Phi) is 3.07. The van der Waals surface area contributed by atoms with E-state index in [2.05, 4.69) is 4.72 Å². The Bertz CT molecular complexity index is 431. The largest absolute Gasteiger partial charge is 0.398 e. The van der Waals surface area contributed by atoms with Gasteiger partial charge in [0.05, 0.1) is 5.69 Å². The normalized spacial score (nSPS) is 11.6. The Hall–Kier alpha value is -1.14. The van der Waals surface area contributed by atoms with Crippen LogP contribution >= 0.6 is 0 Å². The molecule has 0 fully saturated rings. The van der Waals surface area contributed by atoms with Gasteiger partial charge in [-0.3, -0.25) is 0 Å². The molecule has 1 rings (SSSR count). The molecule has 0 unspecified atom stereocenters. The van der Waals surface area contributed by atoms with Crippen LogP contribution in [0.4, 0.5) is 10.1 Å². The second-order valence-electron chi connectivity index (χ2n) is 2.68. The highest BCUT2D eigenvalue weighted by molar-refractivity contribution is 7.89. The minimum atomic E-state index is -3.60. The van der Waals surface area contributed by atoms with Crippen LogP contribution in [-0.2, 0) is 10.0 Å². The summed E-state index contributed by atoms with van der Waals surface area (Å²) in [6, 6.07) is 3.17. The first-order valence-electron chi connectivity index (χ1n) is 4.02. The number of benzene rings is 1. The fourth-order valence-corrected chi connectivity index (χ4v) is 2.18. The number of halogens is 1. The summed E-state index contributed by atoms with van der Waals surface area (Å²) in [6.07, 6.45) is 0. The maximum Gasteiger partial charge on any atom is 0.242 e. The van der Waals surface area contributed by atoms with Gasteiger partial charge in [0, 0.05) is 6.54 Å². The van der Waals surface area contributed by atoms with Crippen LogP contribution in [0.15, 0.2) is 23.1 Å². The van der Waals surface area contributed by atoms with Crippen LogP contribution in [-0.4, -0.2) is 15.0 Å². The van der Waals surface area contributed by atoms with Crippen molar-refractivity contribution in [2.24, 2.45) is 0 Å². The molecule has 0 bridgehead atoms. The highest BCUT2D eigenvalue weighted by atomic mass is 32.2. The third kappa shape index (κ3) is 2.21. The van der Waals surface area contributed by atoms with E-state index in [0.717, 1.165) is 18.2 Å². The molecule has 0 aromatic heterocycles. The number of nitrogens with one attached hydrogen (secondary N) is 1. The Morgan fingerprint density at radius 1 is 1.50 bits per heavy atom. The summed E-state index contributed by atoms with van der Waals surface area (Å²) in [5.74, 6) is -0.557. The lowest BCUT2D eigenvalue weighted by atomic mass is 10.3. The SMILES string of the molecule is CCNS(=O)(=O)c1ccc(F)cc1N. The van der Waals surface area contributed by atoms with Crippen molar-refractivity contribution in [3.05, 3.63) is 24.0 Å². The van der Waals surface area contributed by atoms with Gasteiger partial charge in [-0.05, 0) is 18.2 Å². The van der Waals surface area contributed by atoms with E-state index in [9.17, 15) is 12.8 Å². The first-order chi connectivity index (χ1) is 6.47. The molecule has 6 heteroatoms. The molecule has 4 nitrogen and oxygen atoms in total. The number of hydrogen-bond acceptors (Lipinski definition) is 3. The quantitative estimate of drug-likeness (QED) is 0.734. The van der Waals surface area contributed by atoms with Gasteiger partial charge in [-0.1, -0.05) is 6.92 Å². The molecule has 1 aromatic carbocycles. The Labute approximate surface area is 82.0 Å². The zero-order chi connectivity index (χ0) is 10.8. The fraction of sp³-hybridized carbons (Fsp3) is 0.250. The molecule has 0 radical (unpaired) electrons. The summed E-state index contributed by atoms with van der Waals surface area (Å²) in [7, 11) is -3.60. The van der Waals surface area contributed by atoms with Crippen molar-refractivity contribution in [1.29, 1.82) is 0 Å². The van der Waals surface area contributed by atoms with Crippen LogP contribution in [0.5, 0.6) is 0 Å². The van der Waals surface area contributed by atoms with Crippen molar-refractivity contribution >= 4 is 15.7 Å². The van der Waals surface area contributed by atoms with Crippen LogP contribution in [0, 0.1) is 5.82 Å². The smallest absolute Gasteiger partial charge is 0.242 e. The molecule has 0 spiro atoms. The van der Waals surface area contributed by atoms with Gasteiger partial charge in [0.15, 0.2) is 0 Å². The van der Waals surface area contributed by atoms with Crippen molar-refractivity contribution < 1.29 is 12.8 Å². The predicted octanol–water partition coefficient (Wildman–Crippen LogP) is 0.706. The number of nitrogens with two attached hydrogens (primary N) is 1. The van der Waals surface area contributed by atoms with E-state index in [-0.39, 0.29) is 17.1 Å². The number of rotatable bonds is 3. The van der Waals surface area contributed by atoms with E-state index in [4.69, 9.17) is 5.73 Å². The molecule has 0 heterocycles. The van der Waals surface area contributed by atoms with Gasteiger partial charge in [0.25, 0.3) is 0 Å². The van der Waals surface area contributed by atoms with Crippen LogP contribution in [0.3, 0.4) is 0 Å². The Morgan fingerprint density at radius 2 is 2.14 bits per heavy atom. The Morgan fingerprint density at radius 3 is 2.64 bits per heavy atom. The van der Waals surface area contributed by atoms with Crippen molar-refractivity contribution in [3.63, 3.8) is 0 Å². The number of hydrogen-bond donors (Lipinski definition) is 2. The van der Waals surface area contributed by atoms with Gasteiger partial charge in [-0.25, -0.2) is 17.5 Å². The van der Waals surface area contributed by atoms with E-state index < -0.39 is 15.8 Å². The highest BCUT2D eigenvalue weighted by Gasteiger charge is 2.16. The van der Waals surface area contributed by atoms with Crippen molar-refractivity contribution in [2.75, 3.05) is 12.3 Å². The second kappa shape index (κ2) is 3.93. The molecule has 0 atom stereocenters. The number of sulfonamides is 1. The summed E-state index contributed by atoms with van der Waals surface area (Å²) >= 11 is 0. The minimum absolute atomic E-state index is 0.0917. The third-order valence-electron chi connectivity index (χ3n) is 1.60. The van der Waals surface area contributed by atoms with Gasteiger partial charge in [0.2, 0.25) is 10.0 Å². The zero-order valence-electron chi connectivity index (χ0n) is 7.62. The van der Waals surface area contributed by atoms with Crippen molar-refractivity contribution in [3.8, 4) is 0 Å². The maximum atomic E-state index is 12.6. The molecule has 0 aliphatic carbocycles. The minimum Gasteiger partial charge on any atom is -0.398 e. The number of anilines is 1. The second-order valence-corrected chi connectivity index (χ2v) is 4.42. The van der Waals surface area contributed by atoms with Gasteiger partial charge >= 0.3 is 0 Å². The van der Waals surface area contributed by atoms with E-state index in [1.165, 1.54) is 0 Å². The third-order valence-corrected chi connectivity index (χ3v) is 3.22. The zero-order valence-corrected chi connectivity index (χ0v) is 8.44. The summed E-state index contributed by atoms with van der Waals surface area (Å²) in [5, 5.41) is 0. The topological polar surface area (TPSA) is 72.2 Å². The van der Waals surface area contributed by atoms with Crippen LogP contribution < -0.4 is 10.5 Å². The monoisotopic (exact) mass is 218 g/mol. The number of nitrogen functional groups attached to an aromatic ring is 1. The molecule has 14 heavy (non-hydrogen) atoms. The van der Waals surface area contributed by atoms with E-state index in [0.29, 0.717) is 0 Å². The molecule has 0 aliphatic rings.